The summed E-state index contributed by atoms with van der Waals surface area (Å²) < 4.78 is 34.1. The van der Waals surface area contributed by atoms with Crippen molar-refractivity contribution in [1.29, 1.82) is 0 Å². The van der Waals surface area contributed by atoms with Gasteiger partial charge < -0.3 is 15.1 Å². The molecule has 5 heterocycles. The number of hydrogen-bond acceptors (Lipinski definition) is 9. The van der Waals surface area contributed by atoms with Gasteiger partial charge >= 0.3 is 0 Å². The van der Waals surface area contributed by atoms with E-state index in [2.05, 4.69) is 42.5 Å². The number of nitrogens with zero attached hydrogens (tertiary/aromatic N) is 8. The number of hydrogen-bond donors (Lipinski definition) is 1. The van der Waals surface area contributed by atoms with Gasteiger partial charge in [-0.15, -0.1) is 0 Å². The maximum Gasteiger partial charge on any atom is 0.229 e. The molecular weight excluding hydrogens is 577 g/mol. The molecule has 0 bridgehead atoms. The third-order valence-corrected chi connectivity index (χ3v) is 9.52. The highest BCUT2D eigenvalue weighted by molar-refractivity contribution is 7.92. The van der Waals surface area contributed by atoms with Gasteiger partial charge in [0.05, 0.1) is 5.69 Å². The van der Waals surface area contributed by atoms with E-state index >= 15 is 4.39 Å². The Labute approximate surface area is 258 Å². The number of likely N-dealkylation sites (N-methyl/N-ethyl adjacent to an activating group) is 1. The van der Waals surface area contributed by atoms with Gasteiger partial charge in [0.25, 0.3) is 0 Å². The van der Waals surface area contributed by atoms with Crippen molar-refractivity contribution in [2.45, 2.75) is 37.6 Å². The zero-order chi connectivity index (χ0) is 30.4. The molecule has 0 spiro atoms. The molecule has 1 saturated carbocycles. The molecule has 3 fully saturated rings. The fourth-order valence-electron chi connectivity index (χ4n) is 6.43. The zero-order valence-electron chi connectivity index (χ0n) is 25.6. The summed E-state index contributed by atoms with van der Waals surface area (Å²) in [7, 11) is -0.170. The van der Waals surface area contributed by atoms with Crippen LogP contribution in [0.3, 0.4) is 0 Å². The van der Waals surface area contributed by atoms with E-state index in [0.717, 1.165) is 76.0 Å². The van der Waals surface area contributed by atoms with Gasteiger partial charge in [0.15, 0.2) is 11.5 Å². The molecule has 0 amide bonds. The summed E-state index contributed by atoms with van der Waals surface area (Å²) in [6, 6.07) is 13.5. The van der Waals surface area contributed by atoms with Crippen LogP contribution in [-0.4, -0.2) is 98.4 Å². The van der Waals surface area contributed by atoms with Gasteiger partial charge in [-0.2, -0.15) is 9.35 Å². The first-order chi connectivity index (χ1) is 21.2. The third-order valence-electron chi connectivity index (χ3n) is 8.89. The van der Waals surface area contributed by atoms with Crippen molar-refractivity contribution in [3.63, 3.8) is 0 Å². The standard InChI is InChI=1S/C32H40FN9OS/c1-39-15-17-40(18-16-39)25-11-13-41(14-12-25)27-10-9-24(20-26(27)33)35-32-34-21-23-19-28(22-7-8-22)42(31(23)37-32)30-6-4-5-29(36-30)38-44(2,3)43/h4-6,9-10,19-22,25H,7-8,11-18H2,1-3H3,(H,34,35,37). The molecule has 1 aliphatic carbocycles. The van der Waals surface area contributed by atoms with Crippen molar-refractivity contribution in [1.82, 2.24) is 29.3 Å². The van der Waals surface area contributed by atoms with Crippen LogP contribution in [0.15, 0.2) is 53.0 Å². The van der Waals surface area contributed by atoms with Crippen LogP contribution < -0.4 is 10.2 Å². The second-order valence-electron chi connectivity index (χ2n) is 12.6. The Balaban J connectivity index is 1.10. The molecule has 0 unspecified atom stereocenters. The average Bonchev–Trinajstić information content (AvgIpc) is 3.77. The number of rotatable bonds is 7. The fourth-order valence-corrected chi connectivity index (χ4v) is 6.98. The highest BCUT2D eigenvalue weighted by Gasteiger charge is 2.30. The van der Waals surface area contributed by atoms with Gasteiger partial charge in [0, 0.05) is 90.5 Å². The first-order valence-corrected chi connectivity index (χ1v) is 17.8. The predicted octanol–water partition coefficient (Wildman–Crippen LogP) is 5.15. The van der Waals surface area contributed by atoms with Crippen molar-refractivity contribution in [3.8, 4) is 5.82 Å². The first kappa shape index (κ1) is 29.1. The number of benzene rings is 1. The van der Waals surface area contributed by atoms with Crippen molar-refractivity contribution in [3.05, 3.63) is 60.2 Å². The smallest absolute Gasteiger partial charge is 0.229 e. The average molecular weight is 618 g/mol. The van der Waals surface area contributed by atoms with Gasteiger partial charge in [-0.3, -0.25) is 9.47 Å². The van der Waals surface area contributed by atoms with Crippen molar-refractivity contribution < 1.29 is 8.60 Å². The molecule has 12 heteroatoms. The minimum atomic E-state index is -2.35. The molecule has 0 atom stereocenters. The summed E-state index contributed by atoms with van der Waals surface area (Å²) in [5.74, 6) is 1.65. The molecule has 3 aromatic heterocycles. The Morgan fingerprint density at radius 3 is 2.43 bits per heavy atom. The molecule has 10 nitrogen and oxygen atoms in total. The molecule has 44 heavy (non-hydrogen) atoms. The lowest BCUT2D eigenvalue weighted by atomic mass is 10.0. The molecule has 1 aromatic carbocycles. The van der Waals surface area contributed by atoms with Crippen LogP contribution in [0, 0.1) is 5.82 Å². The number of halogens is 1. The number of aromatic nitrogens is 4. The zero-order valence-corrected chi connectivity index (χ0v) is 26.4. The Kier molecular flexibility index (Phi) is 7.75. The summed E-state index contributed by atoms with van der Waals surface area (Å²) >= 11 is 0. The molecule has 2 aliphatic heterocycles. The molecule has 0 radical (unpaired) electrons. The van der Waals surface area contributed by atoms with Crippen LogP contribution in [0.5, 0.6) is 0 Å². The SMILES string of the molecule is CN1CCN(C2CCN(c3ccc(Nc4ncc5cc(C6CC6)n(-c6cccc(N=S(C)(C)=O)n6)c5n4)cc3F)CC2)CC1. The summed E-state index contributed by atoms with van der Waals surface area (Å²) in [5, 5.41) is 4.12. The van der Waals surface area contributed by atoms with Crippen LogP contribution >= 0.6 is 0 Å². The van der Waals surface area contributed by atoms with Gasteiger partial charge in [-0.25, -0.2) is 18.6 Å². The quantitative estimate of drug-likeness (QED) is 0.304. The normalized spacial score (nSPS) is 19.0. The molecular formula is C32H40FN9OS. The topological polar surface area (TPSA) is 94.8 Å². The number of pyridine rings is 1. The Morgan fingerprint density at radius 2 is 1.73 bits per heavy atom. The van der Waals surface area contributed by atoms with Gasteiger partial charge in [0.2, 0.25) is 5.95 Å². The van der Waals surface area contributed by atoms with Crippen LogP contribution in [0.25, 0.3) is 16.9 Å². The van der Waals surface area contributed by atoms with Crippen molar-refractivity contribution in [2.75, 3.05) is 69.0 Å². The Hall–Kier alpha value is -3.61. The van der Waals surface area contributed by atoms with Crippen molar-refractivity contribution in [2.24, 2.45) is 4.36 Å². The van der Waals surface area contributed by atoms with Crippen molar-refractivity contribution >= 4 is 43.9 Å². The number of piperidine rings is 1. The molecule has 232 valence electrons. The maximum absolute atomic E-state index is 15.4. The van der Waals surface area contributed by atoms with Crippen LogP contribution in [0.1, 0.15) is 37.3 Å². The molecule has 2 saturated heterocycles. The lowest BCUT2D eigenvalue weighted by Crippen LogP contribution is -2.52. The summed E-state index contributed by atoms with van der Waals surface area (Å²) in [4.78, 5) is 21.3. The summed E-state index contributed by atoms with van der Waals surface area (Å²) in [6.45, 7) is 6.20. The van der Waals surface area contributed by atoms with E-state index in [4.69, 9.17) is 9.97 Å². The first-order valence-electron chi connectivity index (χ1n) is 15.5. The maximum atomic E-state index is 15.4. The highest BCUT2D eigenvalue weighted by atomic mass is 32.2. The Morgan fingerprint density at radius 1 is 0.955 bits per heavy atom. The van der Waals surface area contributed by atoms with E-state index in [1.165, 1.54) is 6.07 Å². The lowest BCUT2D eigenvalue weighted by molar-refractivity contribution is 0.0981. The molecule has 4 aromatic rings. The Bertz CT molecular complexity index is 1790. The molecule has 7 rings (SSSR count). The summed E-state index contributed by atoms with van der Waals surface area (Å²) in [6.07, 6.45) is 9.31. The van der Waals surface area contributed by atoms with E-state index in [1.807, 2.05) is 28.8 Å². The van der Waals surface area contributed by atoms with Gasteiger partial charge in [-0.05, 0) is 75.0 Å². The lowest BCUT2D eigenvalue weighted by Gasteiger charge is -2.42. The van der Waals surface area contributed by atoms with Gasteiger partial charge in [-0.1, -0.05) is 6.07 Å². The minimum Gasteiger partial charge on any atom is -0.369 e. The second-order valence-corrected chi connectivity index (χ2v) is 15.2. The number of fused-ring (bicyclic) bond motifs is 1. The highest BCUT2D eigenvalue weighted by Crippen LogP contribution is 2.43. The van der Waals surface area contributed by atoms with E-state index in [-0.39, 0.29) is 5.82 Å². The van der Waals surface area contributed by atoms with E-state index in [0.29, 0.717) is 46.6 Å². The number of piperazine rings is 1. The van der Waals surface area contributed by atoms with Gasteiger partial charge in [0.1, 0.15) is 11.6 Å². The second kappa shape index (κ2) is 11.7. The third kappa shape index (κ3) is 6.29. The van der Waals surface area contributed by atoms with Crippen LogP contribution in [-0.2, 0) is 9.73 Å². The van der Waals surface area contributed by atoms with E-state index in [1.54, 1.807) is 24.8 Å². The van der Waals surface area contributed by atoms with E-state index in [9.17, 15) is 4.21 Å². The predicted molar refractivity (Wildman–Crippen MR) is 175 cm³/mol. The molecule has 1 N–H and O–H groups in total. The fraction of sp³-hybridized carbons (Fsp3) is 0.469. The van der Waals surface area contributed by atoms with E-state index < -0.39 is 9.73 Å². The summed E-state index contributed by atoms with van der Waals surface area (Å²) in [5.41, 5.74) is 3.07. The minimum absolute atomic E-state index is 0.248. The number of anilines is 3. The van der Waals surface area contributed by atoms with Crippen LogP contribution in [0.2, 0.25) is 0 Å². The molecule has 3 aliphatic rings. The largest absolute Gasteiger partial charge is 0.369 e. The monoisotopic (exact) mass is 617 g/mol. The number of nitrogens with one attached hydrogen (secondary N) is 1. The van der Waals surface area contributed by atoms with Crippen LogP contribution in [0.4, 0.5) is 27.5 Å².